The molecule has 116 valence electrons. The molecule has 5 heteroatoms. The fourth-order valence-electron chi connectivity index (χ4n) is 2.96. The number of para-hydroxylation sites is 1. The van der Waals surface area contributed by atoms with Crippen LogP contribution in [0.2, 0.25) is 0 Å². The Kier molecular flexibility index (Phi) is 5.19. The van der Waals surface area contributed by atoms with Crippen molar-refractivity contribution in [3.05, 3.63) is 33.9 Å². The van der Waals surface area contributed by atoms with Crippen molar-refractivity contribution in [2.45, 2.75) is 33.4 Å². The number of nitrogens with zero attached hydrogens (tertiary/aromatic N) is 2. The van der Waals surface area contributed by atoms with E-state index in [4.69, 9.17) is 0 Å². The molecule has 1 aromatic heterocycles. The highest BCUT2D eigenvalue weighted by atomic mass is 32.1. The maximum Gasteiger partial charge on any atom is 0.308 e. The minimum Gasteiger partial charge on any atom is -0.385 e. The van der Waals surface area contributed by atoms with Gasteiger partial charge in [0.05, 0.1) is 36.4 Å². The normalized spacial score (nSPS) is 13.7. The molecule has 0 saturated carbocycles. The van der Waals surface area contributed by atoms with Crippen LogP contribution in [0.3, 0.4) is 0 Å². The lowest BCUT2D eigenvalue weighted by Crippen LogP contribution is -2.52. The summed E-state index contributed by atoms with van der Waals surface area (Å²) in [5.41, 5.74) is 0.925. The van der Waals surface area contributed by atoms with Gasteiger partial charge in [-0.25, -0.2) is 0 Å². The second-order valence-corrected chi connectivity index (χ2v) is 6.57. The fourth-order valence-corrected chi connectivity index (χ4v) is 3.86. The van der Waals surface area contributed by atoms with E-state index in [0.29, 0.717) is 13.1 Å². The molecule has 1 aromatic carbocycles. The molecule has 0 fully saturated rings. The van der Waals surface area contributed by atoms with Crippen LogP contribution in [0.5, 0.6) is 0 Å². The van der Waals surface area contributed by atoms with Crippen LogP contribution >= 0.6 is 11.3 Å². The first kappa shape index (κ1) is 16.2. The maximum absolute atomic E-state index is 12.1. The quantitative estimate of drug-likeness (QED) is 0.798. The van der Waals surface area contributed by atoms with E-state index in [1.165, 1.54) is 11.3 Å². The summed E-state index contributed by atoms with van der Waals surface area (Å²) in [5, 5.41) is 10.5. The van der Waals surface area contributed by atoms with Gasteiger partial charge in [0.25, 0.3) is 0 Å². The van der Waals surface area contributed by atoms with Crippen LogP contribution in [0.15, 0.2) is 29.1 Å². The molecule has 0 radical (unpaired) electrons. The Morgan fingerprint density at radius 1 is 1.19 bits per heavy atom. The summed E-state index contributed by atoms with van der Waals surface area (Å²) < 4.78 is 3.58. The number of benzene rings is 1. The van der Waals surface area contributed by atoms with Crippen molar-refractivity contribution in [3.8, 4) is 0 Å². The molecule has 1 heterocycles. The first-order chi connectivity index (χ1) is 10.0. The molecule has 0 aliphatic heterocycles. The Labute approximate surface area is 129 Å². The van der Waals surface area contributed by atoms with Crippen molar-refractivity contribution >= 4 is 21.6 Å². The van der Waals surface area contributed by atoms with Crippen LogP contribution in [0, 0.1) is 0 Å². The van der Waals surface area contributed by atoms with Crippen molar-refractivity contribution < 1.29 is 9.59 Å². The van der Waals surface area contributed by atoms with Gasteiger partial charge in [-0.1, -0.05) is 23.5 Å². The van der Waals surface area contributed by atoms with Crippen LogP contribution in [-0.2, 0) is 6.54 Å². The first-order valence-corrected chi connectivity index (χ1v) is 8.48. The topological polar surface area (TPSA) is 42.2 Å². The van der Waals surface area contributed by atoms with Gasteiger partial charge in [0.1, 0.15) is 12.6 Å². The molecule has 0 spiro atoms. The Morgan fingerprint density at radius 3 is 2.43 bits per heavy atom. The summed E-state index contributed by atoms with van der Waals surface area (Å²) in [5.74, 6) is 0. The average Bonchev–Trinajstić information content (AvgIpc) is 2.81. The van der Waals surface area contributed by atoms with Gasteiger partial charge in [-0.3, -0.25) is 9.36 Å². The molecule has 0 aliphatic carbocycles. The van der Waals surface area contributed by atoms with E-state index in [0.717, 1.165) is 34.3 Å². The number of hydrogen-bond acceptors (Lipinski definition) is 3. The number of rotatable bonds is 7. The summed E-state index contributed by atoms with van der Waals surface area (Å²) >= 11 is 1.25. The van der Waals surface area contributed by atoms with Gasteiger partial charge in [0.15, 0.2) is 0 Å². The predicted molar refractivity (Wildman–Crippen MR) is 88.8 cm³/mol. The molecule has 0 saturated heterocycles. The van der Waals surface area contributed by atoms with Gasteiger partial charge < -0.3 is 9.59 Å². The molecule has 0 aliphatic rings. The highest BCUT2D eigenvalue weighted by Crippen LogP contribution is 2.17. The summed E-state index contributed by atoms with van der Waals surface area (Å²) in [6.07, 6.45) is -0.499. The molecule has 2 rings (SSSR count). The van der Waals surface area contributed by atoms with E-state index in [1.54, 1.807) is 4.57 Å². The van der Waals surface area contributed by atoms with E-state index in [-0.39, 0.29) is 4.87 Å². The van der Waals surface area contributed by atoms with E-state index in [1.807, 2.05) is 24.3 Å². The molecule has 2 aromatic rings. The summed E-state index contributed by atoms with van der Waals surface area (Å²) in [6, 6.07) is 7.77. The van der Waals surface area contributed by atoms with Crippen LogP contribution in [0.1, 0.15) is 20.8 Å². The van der Waals surface area contributed by atoms with Crippen molar-refractivity contribution in [3.63, 3.8) is 0 Å². The second kappa shape index (κ2) is 6.73. The molecule has 21 heavy (non-hydrogen) atoms. The van der Waals surface area contributed by atoms with Crippen LogP contribution < -0.4 is 4.87 Å². The maximum atomic E-state index is 12.1. The van der Waals surface area contributed by atoms with Crippen LogP contribution in [0.4, 0.5) is 0 Å². The highest BCUT2D eigenvalue weighted by molar-refractivity contribution is 7.16. The molecule has 1 N–H and O–H groups in total. The van der Waals surface area contributed by atoms with Crippen LogP contribution in [0.25, 0.3) is 10.2 Å². The lowest BCUT2D eigenvalue weighted by Gasteiger charge is -2.37. The zero-order valence-electron chi connectivity index (χ0n) is 13.1. The van der Waals surface area contributed by atoms with Gasteiger partial charge in [0.2, 0.25) is 0 Å². The number of quaternary nitrogens is 1. The van der Waals surface area contributed by atoms with Crippen molar-refractivity contribution in [2.75, 3.05) is 26.2 Å². The minimum absolute atomic E-state index is 0.0119. The minimum atomic E-state index is -0.499. The third-order valence-electron chi connectivity index (χ3n) is 4.58. The summed E-state index contributed by atoms with van der Waals surface area (Å²) in [7, 11) is 0. The lowest BCUT2D eigenvalue weighted by atomic mass is 10.2. The zero-order valence-corrected chi connectivity index (χ0v) is 13.9. The Morgan fingerprint density at radius 2 is 1.81 bits per heavy atom. The number of fused-ring (bicyclic) bond motifs is 1. The predicted octanol–water partition coefficient (Wildman–Crippen LogP) is 2.30. The molecule has 0 amide bonds. The van der Waals surface area contributed by atoms with Gasteiger partial charge in [-0.2, -0.15) is 0 Å². The van der Waals surface area contributed by atoms with E-state index in [9.17, 15) is 9.90 Å². The van der Waals surface area contributed by atoms with Gasteiger partial charge in [-0.05, 0) is 32.9 Å². The molecule has 0 bridgehead atoms. The number of likely N-dealkylation sites (N-methyl/N-ethyl adjacent to an activating group) is 1. The molecular formula is C16H25N2O2S+. The van der Waals surface area contributed by atoms with Gasteiger partial charge >= 0.3 is 4.87 Å². The number of thiazole rings is 1. The third-order valence-corrected chi connectivity index (χ3v) is 5.54. The number of aliphatic hydroxyl groups is 1. The van der Waals surface area contributed by atoms with Gasteiger partial charge in [-0.15, -0.1) is 0 Å². The molecular weight excluding hydrogens is 284 g/mol. The largest absolute Gasteiger partial charge is 0.385 e. The Hall–Kier alpha value is -1.17. The van der Waals surface area contributed by atoms with Crippen LogP contribution in [-0.4, -0.2) is 46.4 Å². The monoisotopic (exact) mass is 309 g/mol. The van der Waals surface area contributed by atoms with Crippen molar-refractivity contribution in [1.82, 2.24) is 4.57 Å². The molecule has 0 unspecified atom stereocenters. The Balaban J connectivity index is 2.20. The molecule has 4 nitrogen and oxygen atoms in total. The molecule has 1 atom stereocenters. The van der Waals surface area contributed by atoms with E-state index < -0.39 is 6.10 Å². The smallest absolute Gasteiger partial charge is 0.308 e. The average molecular weight is 309 g/mol. The summed E-state index contributed by atoms with van der Waals surface area (Å²) in [6.45, 7) is 10.6. The van der Waals surface area contributed by atoms with E-state index in [2.05, 4.69) is 20.8 Å². The number of aliphatic hydroxyl groups excluding tert-OH is 1. The number of aromatic nitrogens is 1. The standard InChI is InChI=1S/C16H25N2O2S/c1-4-18(5-2,6-3)12-13(19)11-17-14-9-7-8-10-15(14)21-16(17)20/h7-10,13,19H,4-6,11-12H2,1-3H3/q+1/t13-/m0/s1. The fraction of sp³-hybridized carbons (Fsp3) is 0.562. The zero-order chi connectivity index (χ0) is 15.5. The van der Waals surface area contributed by atoms with Gasteiger partial charge in [0, 0.05) is 0 Å². The third kappa shape index (κ3) is 3.36. The van der Waals surface area contributed by atoms with E-state index >= 15 is 0 Å². The SMILES string of the molecule is CC[N+](CC)(CC)C[C@@H](O)Cn1c(=O)sc2ccccc21. The lowest BCUT2D eigenvalue weighted by molar-refractivity contribution is -0.926. The highest BCUT2D eigenvalue weighted by Gasteiger charge is 2.25. The van der Waals surface area contributed by atoms with Crippen molar-refractivity contribution in [1.29, 1.82) is 0 Å². The van der Waals surface area contributed by atoms with Crippen molar-refractivity contribution in [2.24, 2.45) is 0 Å². The second-order valence-electron chi connectivity index (χ2n) is 5.57. The number of hydrogen-bond donors (Lipinski definition) is 1. The summed E-state index contributed by atoms with van der Waals surface area (Å²) in [4.78, 5) is 12.1. The Bertz CT molecular complexity index is 635. The first-order valence-electron chi connectivity index (χ1n) is 7.66.